The minimum atomic E-state index is -0.348. The van der Waals surface area contributed by atoms with E-state index in [1.165, 1.54) is 25.7 Å². The third-order valence-electron chi connectivity index (χ3n) is 4.18. The minimum absolute atomic E-state index is 0.0700. The van der Waals surface area contributed by atoms with Crippen molar-refractivity contribution in [2.24, 2.45) is 0 Å². The molecular weight excluding hydrogens is 228 g/mol. The highest BCUT2D eigenvalue weighted by Crippen LogP contribution is 2.35. The van der Waals surface area contributed by atoms with Crippen molar-refractivity contribution in [3.8, 4) is 0 Å². The van der Waals surface area contributed by atoms with Crippen molar-refractivity contribution in [2.75, 3.05) is 19.8 Å². The van der Waals surface area contributed by atoms with E-state index >= 15 is 0 Å². The summed E-state index contributed by atoms with van der Waals surface area (Å²) in [4.78, 5) is 9.25. The summed E-state index contributed by atoms with van der Waals surface area (Å²) in [7, 11) is 0. The summed E-state index contributed by atoms with van der Waals surface area (Å²) in [6.45, 7) is 3.16. The van der Waals surface area contributed by atoms with Crippen LogP contribution in [0, 0.1) is 6.92 Å². The molecule has 1 aliphatic carbocycles. The summed E-state index contributed by atoms with van der Waals surface area (Å²) in [5.74, 6) is 1.36. The number of aliphatic hydroxyl groups excluding tert-OH is 1. The molecule has 0 unspecified atom stereocenters. The average Bonchev–Trinajstić information content (AvgIpc) is 2.81. The van der Waals surface area contributed by atoms with E-state index < -0.39 is 0 Å². The number of rotatable bonds is 3. The quantitative estimate of drug-likeness (QED) is 0.884. The van der Waals surface area contributed by atoms with Gasteiger partial charge < -0.3 is 9.84 Å². The second-order valence-electron chi connectivity index (χ2n) is 5.67. The average molecular weight is 248 g/mol. The maximum Gasteiger partial charge on any atom is 0.141 e. The first-order chi connectivity index (χ1) is 8.73. The number of aryl methyl sites for hydroxylation is 1. The van der Waals surface area contributed by atoms with Crippen LogP contribution < -0.4 is 0 Å². The summed E-state index contributed by atoms with van der Waals surface area (Å²) >= 11 is 0. The molecule has 4 nitrogen and oxygen atoms in total. The molecule has 0 atom stereocenters. The number of nitrogens with zero attached hydrogens (tertiary/aromatic N) is 2. The summed E-state index contributed by atoms with van der Waals surface area (Å²) in [6.07, 6.45) is 5.08. The summed E-state index contributed by atoms with van der Waals surface area (Å²) in [6, 6.07) is 2.10. The Morgan fingerprint density at radius 1 is 1.33 bits per heavy atom. The highest BCUT2D eigenvalue weighted by molar-refractivity contribution is 5.21. The molecule has 0 aromatic carbocycles. The molecule has 3 rings (SSSR count). The largest absolute Gasteiger partial charge is 0.395 e. The van der Waals surface area contributed by atoms with Gasteiger partial charge >= 0.3 is 0 Å². The fourth-order valence-corrected chi connectivity index (χ4v) is 2.90. The molecule has 0 radical (unpaired) electrons. The van der Waals surface area contributed by atoms with Gasteiger partial charge in [-0.05, 0) is 25.8 Å². The predicted octanol–water partition coefficient (Wildman–Crippen LogP) is 1.70. The van der Waals surface area contributed by atoms with Crippen molar-refractivity contribution in [3.05, 3.63) is 23.3 Å². The Hall–Kier alpha value is -1.00. The standard InChI is InChI=1S/C14H20N2O2/c1-10-6-12(11-4-2-3-5-11)16-13(15-10)14(7-17)8-18-9-14/h6,11,17H,2-5,7-9H2,1H3. The molecule has 4 heteroatoms. The lowest BCUT2D eigenvalue weighted by Gasteiger charge is -2.38. The van der Waals surface area contributed by atoms with Crippen molar-refractivity contribution in [1.82, 2.24) is 9.97 Å². The van der Waals surface area contributed by atoms with Crippen LogP contribution >= 0.6 is 0 Å². The maximum atomic E-state index is 9.58. The van der Waals surface area contributed by atoms with Gasteiger partial charge in [0, 0.05) is 17.3 Å². The molecule has 0 amide bonds. The van der Waals surface area contributed by atoms with Crippen LogP contribution in [0.5, 0.6) is 0 Å². The van der Waals surface area contributed by atoms with Crippen LogP contribution in [-0.4, -0.2) is 34.9 Å². The van der Waals surface area contributed by atoms with Crippen LogP contribution in [0.4, 0.5) is 0 Å². The van der Waals surface area contributed by atoms with Crippen LogP contribution in [0.25, 0.3) is 0 Å². The van der Waals surface area contributed by atoms with Gasteiger partial charge in [-0.15, -0.1) is 0 Å². The minimum Gasteiger partial charge on any atom is -0.395 e. The maximum absolute atomic E-state index is 9.58. The van der Waals surface area contributed by atoms with Crippen molar-refractivity contribution in [1.29, 1.82) is 0 Å². The summed E-state index contributed by atoms with van der Waals surface area (Å²) < 4.78 is 5.25. The molecule has 18 heavy (non-hydrogen) atoms. The second-order valence-corrected chi connectivity index (χ2v) is 5.67. The van der Waals surface area contributed by atoms with E-state index in [0.717, 1.165) is 17.2 Å². The Kier molecular flexibility index (Phi) is 3.08. The molecule has 1 saturated carbocycles. The van der Waals surface area contributed by atoms with E-state index in [4.69, 9.17) is 9.72 Å². The number of hydrogen-bond acceptors (Lipinski definition) is 4. The van der Waals surface area contributed by atoms with Crippen molar-refractivity contribution in [3.63, 3.8) is 0 Å². The molecule has 1 aromatic rings. The van der Waals surface area contributed by atoms with E-state index in [-0.39, 0.29) is 12.0 Å². The number of aromatic nitrogens is 2. The first-order valence-electron chi connectivity index (χ1n) is 6.78. The van der Waals surface area contributed by atoms with Gasteiger partial charge in [0.1, 0.15) is 5.82 Å². The third-order valence-corrected chi connectivity index (χ3v) is 4.18. The van der Waals surface area contributed by atoms with Gasteiger partial charge in [-0.1, -0.05) is 12.8 Å². The lowest BCUT2D eigenvalue weighted by atomic mass is 9.85. The van der Waals surface area contributed by atoms with Gasteiger partial charge in [-0.2, -0.15) is 0 Å². The molecule has 1 saturated heterocycles. The second kappa shape index (κ2) is 4.59. The van der Waals surface area contributed by atoms with Gasteiger partial charge in [0.05, 0.1) is 25.2 Å². The molecule has 1 aromatic heterocycles. The molecular formula is C14H20N2O2. The third kappa shape index (κ3) is 1.93. The SMILES string of the molecule is Cc1cc(C2CCCC2)nc(C2(CO)COC2)n1. The summed E-state index contributed by atoms with van der Waals surface area (Å²) in [5, 5.41) is 9.58. The van der Waals surface area contributed by atoms with Crippen LogP contribution in [0.2, 0.25) is 0 Å². The number of ether oxygens (including phenoxy) is 1. The molecule has 1 aliphatic heterocycles. The normalized spacial score (nSPS) is 23.0. The molecule has 0 spiro atoms. The van der Waals surface area contributed by atoms with Crippen molar-refractivity contribution >= 4 is 0 Å². The van der Waals surface area contributed by atoms with Crippen LogP contribution in [0.1, 0.15) is 48.8 Å². The zero-order chi connectivity index (χ0) is 12.6. The van der Waals surface area contributed by atoms with E-state index in [1.54, 1.807) is 0 Å². The lowest BCUT2D eigenvalue weighted by molar-refractivity contribution is -0.0885. The highest BCUT2D eigenvalue weighted by Gasteiger charge is 2.43. The van der Waals surface area contributed by atoms with Crippen molar-refractivity contribution < 1.29 is 9.84 Å². The van der Waals surface area contributed by atoms with Gasteiger partial charge in [0.25, 0.3) is 0 Å². The van der Waals surface area contributed by atoms with Gasteiger partial charge in [-0.25, -0.2) is 9.97 Å². The molecule has 2 fully saturated rings. The zero-order valence-electron chi connectivity index (χ0n) is 10.9. The van der Waals surface area contributed by atoms with E-state index in [0.29, 0.717) is 19.1 Å². The topological polar surface area (TPSA) is 55.2 Å². The Bertz CT molecular complexity index is 432. The van der Waals surface area contributed by atoms with Crippen LogP contribution in [-0.2, 0) is 10.2 Å². The first-order valence-corrected chi connectivity index (χ1v) is 6.78. The van der Waals surface area contributed by atoms with Gasteiger partial charge in [0.15, 0.2) is 0 Å². The smallest absolute Gasteiger partial charge is 0.141 e. The van der Waals surface area contributed by atoms with Gasteiger partial charge in [0.2, 0.25) is 0 Å². The highest BCUT2D eigenvalue weighted by atomic mass is 16.5. The Morgan fingerprint density at radius 2 is 2.06 bits per heavy atom. The monoisotopic (exact) mass is 248 g/mol. The molecule has 98 valence electrons. The first kappa shape index (κ1) is 12.1. The fraction of sp³-hybridized carbons (Fsp3) is 0.714. The molecule has 1 N–H and O–H groups in total. The van der Waals surface area contributed by atoms with E-state index in [2.05, 4.69) is 11.1 Å². The van der Waals surface area contributed by atoms with Crippen LogP contribution in [0.15, 0.2) is 6.07 Å². The molecule has 2 aliphatic rings. The predicted molar refractivity (Wildman–Crippen MR) is 67.6 cm³/mol. The Labute approximate surface area is 107 Å². The summed E-state index contributed by atoms with van der Waals surface area (Å²) in [5.41, 5.74) is 1.82. The number of hydrogen-bond donors (Lipinski definition) is 1. The Morgan fingerprint density at radius 3 is 2.61 bits per heavy atom. The molecule has 2 heterocycles. The van der Waals surface area contributed by atoms with E-state index in [1.807, 2.05) is 6.92 Å². The fourth-order valence-electron chi connectivity index (χ4n) is 2.90. The molecule has 0 bridgehead atoms. The number of aliphatic hydroxyl groups is 1. The lowest BCUT2D eigenvalue weighted by Crippen LogP contribution is -2.51. The Balaban J connectivity index is 1.95. The van der Waals surface area contributed by atoms with Crippen molar-refractivity contribution in [2.45, 2.75) is 43.9 Å². The van der Waals surface area contributed by atoms with E-state index in [9.17, 15) is 5.11 Å². The van der Waals surface area contributed by atoms with Gasteiger partial charge in [-0.3, -0.25) is 0 Å². The zero-order valence-corrected chi connectivity index (χ0v) is 10.9. The van der Waals surface area contributed by atoms with Crippen LogP contribution in [0.3, 0.4) is 0 Å².